The summed E-state index contributed by atoms with van der Waals surface area (Å²) in [6.45, 7) is 3.10. The summed E-state index contributed by atoms with van der Waals surface area (Å²) in [4.78, 5) is 16.0. The van der Waals surface area contributed by atoms with Crippen LogP contribution in [0.1, 0.15) is 34.5 Å². The maximum absolute atomic E-state index is 12.8. The molecule has 0 spiro atoms. The molecule has 0 radical (unpaired) electrons. The average molecular weight is 306 g/mol. The Morgan fingerprint density at radius 1 is 1.17 bits per heavy atom. The normalized spacial score (nSPS) is 16.2. The van der Waals surface area contributed by atoms with E-state index >= 15 is 0 Å². The molecule has 23 heavy (non-hydrogen) atoms. The number of ether oxygens (including phenoxy) is 1. The zero-order valence-electron chi connectivity index (χ0n) is 13.1. The Labute approximate surface area is 134 Å². The van der Waals surface area contributed by atoms with E-state index < -0.39 is 0 Å². The number of rotatable bonds is 3. The molecule has 1 unspecified atom stereocenters. The fourth-order valence-corrected chi connectivity index (χ4v) is 3.16. The monoisotopic (exact) mass is 306 g/mol. The largest absolute Gasteiger partial charge is 0.497 e. The quantitative estimate of drug-likeness (QED) is 0.721. The van der Waals surface area contributed by atoms with Crippen LogP contribution < -0.4 is 10.1 Å². The Hall–Kier alpha value is -2.75. The Balaban J connectivity index is 1.73. The molecule has 2 heterocycles. The van der Waals surface area contributed by atoms with E-state index in [-0.39, 0.29) is 5.78 Å². The van der Waals surface area contributed by atoms with Crippen molar-refractivity contribution in [3.63, 3.8) is 0 Å². The molecular formula is C19H18N2O2. The Morgan fingerprint density at radius 2 is 2.04 bits per heavy atom. The molecule has 2 N–H and O–H groups in total. The van der Waals surface area contributed by atoms with Crippen molar-refractivity contribution in [2.24, 2.45) is 0 Å². The number of aromatic amines is 1. The fraction of sp³-hybridized carbons (Fsp3) is 0.211. The maximum atomic E-state index is 12.8. The first-order valence-corrected chi connectivity index (χ1v) is 7.75. The van der Waals surface area contributed by atoms with Gasteiger partial charge in [-0.3, -0.25) is 4.79 Å². The summed E-state index contributed by atoms with van der Waals surface area (Å²) in [6.07, 6.45) is 0. The van der Waals surface area contributed by atoms with Crippen molar-refractivity contribution in [2.45, 2.75) is 12.8 Å². The number of fused-ring (bicyclic) bond motifs is 2. The number of aromatic nitrogens is 1. The second-order valence-corrected chi connectivity index (χ2v) is 6.05. The van der Waals surface area contributed by atoms with E-state index in [4.69, 9.17) is 4.74 Å². The zero-order valence-corrected chi connectivity index (χ0v) is 13.1. The summed E-state index contributed by atoms with van der Waals surface area (Å²) >= 11 is 0. The van der Waals surface area contributed by atoms with Gasteiger partial charge in [0.1, 0.15) is 5.75 Å². The Morgan fingerprint density at radius 3 is 2.87 bits per heavy atom. The topological polar surface area (TPSA) is 54.1 Å². The number of methoxy groups -OCH3 is 1. The van der Waals surface area contributed by atoms with Crippen molar-refractivity contribution in [3.8, 4) is 5.75 Å². The second kappa shape index (κ2) is 5.16. The number of benzene rings is 2. The molecule has 4 rings (SSSR count). The summed E-state index contributed by atoms with van der Waals surface area (Å²) in [7, 11) is 1.64. The third-order valence-corrected chi connectivity index (χ3v) is 4.52. The van der Waals surface area contributed by atoms with Crippen LogP contribution in [0.3, 0.4) is 0 Å². The van der Waals surface area contributed by atoms with E-state index in [1.807, 2.05) is 42.5 Å². The first kappa shape index (κ1) is 13.9. The lowest BCUT2D eigenvalue weighted by atomic mass is 9.98. The molecule has 0 aliphatic carbocycles. The molecular weight excluding hydrogens is 288 g/mol. The predicted octanol–water partition coefficient (Wildman–Crippen LogP) is 3.94. The smallest absolute Gasteiger partial charge is 0.209 e. The van der Waals surface area contributed by atoms with Crippen LogP contribution in [0.4, 0.5) is 5.69 Å². The number of anilines is 1. The highest BCUT2D eigenvalue weighted by Gasteiger charge is 2.20. The number of H-pyrrole nitrogens is 1. The number of nitrogens with one attached hydrogen (secondary N) is 2. The molecule has 0 saturated carbocycles. The lowest BCUT2D eigenvalue weighted by Gasteiger charge is -2.05. The van der Waals surface area contributed by atoms with Gasteiger partial charge in [0.05, 0.1) is 12.8 Å². The van der Waals surface area contributed by atoms with Gasteiger partial charge >= 0.3 is 0 Å². The second-order valence-electron chi connectivity index (χ2n) is 6.05. The molecule has 4 nitrogen and oxygen atoms in total. The van der Waals surface area contributed by atoms with E-state index in [2.05, 4.69) is 17.2 Å². The number of carbonyl (C=O) groups excluding carboxylic acids is 1. The average Bonchev–Trinajstić information content (AvgIpc) is 3.17. The molecule has 1 aromatic heterocycles. The SMILES string of the molecule is COc1ccc2[nH]c(C(=O)c3ccc4c(c3)C(C)CN4)cc2c1. The summed E-state index contributed by atoms with van der Waals surface area (Å²) in [5.41, 5.74) is 4.61. The fourth-order valence-electron chi connectivity index (χ4n) is 3.16. The number of hydrogen-bond acceptors (Lipinski definition) is 3. The molecule has 4 heteroatoms. The Bertz CT molecular complexity index is 911. The zero-order chi connectivity index (χ0) is 16.0. The molecule has 0 amide bonds. The molecule has 0 bridgehead atoms. The van der Waals surface area contributed by atoms with Gasteiger partial charge < -0.3 is 15.0 Å². The van der Waals surface area contributed by atoms with Crippen LogP contribution in [-0.2, 0) is 0 Å². The molecule has 2 aromatic carbocycles. The highest BCUT2D eigenvalue weighted by Crippen LogP contribution is 2.32. The van der Waals surface area contributed by atoms with Crippen LogP contribution in [0.2, 0.25) is 0 Å². The van der Waals surface area contributed by atoms with E-state index in [1.165, 1.54) is 5.56 Å². The maximum Gasteiger partial charge on any atom is 0.209 e. The van der Waals surface area contributed by atoms with Gasteiger partial charge in [-0.2, -0.15) is 0 Å². The number of hydrogen-bond donors (Lipinski definition) is 2. The summed E-state index contributed by atoms with van der Waals surface area (Å²) in [5, 5.41) is 4.33. The Kier molecular flexibility index (Phi) is 3.11. The lowest BCUT2D eigenvalue weighted by molar-refractivity contribution is 0.103. The number of ketones is 1. The van der Waals surface area contributed by atoms with Crippen LogP contribution >= 0.6 is 0 Å². The van der Waals surface area contributed by atoms with Gasteiger partial charge in [0, 0.05) is 34.6 Å². The van der Waals surface area contributed by atoms with Gasteiger partial charge in [-0.1, -0.05) is 6.92 Å². The van der Waals surface area contributed by atoms with Crippen LogP contribution in [0.15, 0.2) is 42.5 Å². The van der Waals surface area contributed by atoms with Gasteiger partial charge in [-0.15, -0.1) is 0 Å². The van der Waals surface area contributed by atoms with Gasteiger partial charge in [0.2, 0.25) is 5.78 Å². The van der Waals surface area contributed by atoms with E-state index in [9.17, 15) is 4.79 Å². The van der Waals surface area contributed by atoms with Crippen LogP contribution in [0.5, 0.6) is 5.75 Å². The van der Waals surface area contributed by atoms with Crippen molar-refractivity contribution in [3.05, 3.63) is 59.3 Å². The molecule has 1 atom stereocenters. The minimum absolute atomic E-state index is 0.0158. The van der Waals surface area contributed by atoms with E-state index in [0.29, 0.717) is 11.6 Å². The van der Waals surface area contributed by atoms with Gasteiger partial charge in [0.15, 0.2) is 0 Å². The molecule has 1 aliphatic rings. The van der Waals surface area contributed by atoms with Gasteiger partial charge in [-0.05, 0) is 48.0 Å². The molecule has 3 aromatic rings. The summed E-state index contributed by atoms with van der Waals surface area (Å²) in [5.74, 6) is 1.24. The first-order valence-electron chi connectivity index (χ1n) is 7.75. The van der Waals surface area contributed by atoms with Crippen molar-refractivity contribution < 1.29 is 9.53 Å². The molecule has 116 valence electrons. The third-order valence-electron chi connectivity index (χ3n) is 4.52. The highest BCUT2D eigenvalue weighted by molar-refractivity contribution is 6.10. The van der Waals surface area contributed by atoms with Crippen molar-refractivity contribution in [1.29, 1.82) is 0 Å². The van der Waals surface area contributed by atoms with E-state index in [1.54, 1.807) is 7.11 Å². The van der Waals surface area contributed by atoms with Crippen molar-refractivity contribution in [1.82, 2.24) is 4.98 Å². The minimum atomic E-state index is 0.0158. The molecule has 1 aliphatic heterocycles. The van der Waals surface area contributed by atoms with Crippen molar-refractivity contribution in [2.75, 3.05) is 19.0 Å². The van der Waals surface area contributed by atoms with Crippen LogP contribution in [0.25, 0.3) is 10.9 Å². The van der Waals surface area contributed by atoms with Gasteiger partial charge in [0.25, 0.3) is 0 Å². The predicted molar refractivity (Wildman–Crippen MR) is 91.6 cm³/mol. The third kappa shape index (κ3) is 2.27. The number of carbonyl (C=O) groups is 1. The standard InChI is InChI=1S/C19H18N2O2/c1-11-10-20-17-5-3-12(8-15(11)17)19(22)18-9-13-7-14(23-2)4-6-16(13)21-18/h3-9,11,20-21H,10H2,1-2H3. The van der Waals surface area contributed by atoms with Gasteiger partial charge in [-0.25, -0.2) is 0 Å². The van der Waals surface area contributed by atoms with Crippen LogP contribution in [-0.4, -0.2) is 24.4 Å². The minimum Gasteiger partial charge on any atom is -0.497 e. The molecule has 0 fully saturated rings. The lowest BCUT2D eigenvalue weighted by Crippen LogP contribution is -2.02. The molecule has 0 saturated heterocycles. The first-order chi connectivity index (χ1) is 11.2. The van der Waals surface area contributed by atoms with Crippen LogP contribution in [0, 0.1) is 0 Å². The van der Waals surface area contributed by atoms with Crippen molar-refractivity contribution >= 4 is 22.4 Å². The highest BCUT2D eigenvalue weighted by atomic mass is 16.5. The summed E-state index contributed by atoms with van der Waals surface area (Å²) in [6, 6.07) is 13.5. The van der Waals surface area contributed by atoms with E-state index in [0.717, 1.165) is 34.4 Å². The summed E-state index contributed by atoms with van der Waals surface area (Å²) < 4.78 is 5.23.